The van der Waals surface area contributed by atoms with Gasteiger partial charge in [-0.2, -0.15) is 0 Å². The second-order valence-electron chi connectivity index (χ2n) is 8.13. The van der Waals surface area contributed by atoms with E-state index in [1.165, 1.54) is 71.4 Å². The molecule has 0 aliphatic heterocycles. The average Bonchev–Trinajstić information content (AvgIpc) is 2.70. The van der Waals surface area contributed by atoms with Crippen LogP contribution in [0.3, 0.4) is 0 Å². The number of hydrogen-bond donors (Lipinski definition) is 0. The van der Waals surface area contributed by atoms with E-state index in [0.29, 0.717) is 24.0 Å². The van der Waals surface area contributed by atoms with Gasteiger partial charge < -0.3 is 4.74 Å². The molecule has 0 spiro atoms. The van der Waals surface area contributed by atoms with Crippen LogP contribution in [0.4, 0.5) is 0 Å². The number of hydrogen-bond acceptors (Lipinski definition) is 1. The Balaban J connectivity index is 1.25. The van der Waals surface area contributed by atoms with E-state index in [1.54, 1.807) is 0 Å². The van der Waals surface area contributed by atoms with Gasteiger partial charge in [0, 0.05) is 8.95 Å². The predicted molar refractivity (Wildman–Crippen MR) is 119 cm³/mol. The average molecular weight is 492 g/mol. The molecule has 0 aromatic heterocycles. The first-order valence-electron chi connectivity index (χ1n) is 10.3. The van der Waals surface area contributed by atoms with Crippen molar-refractivity contribution in [2.75, 3.05) is 0 Å². The predicted octanol–water partition coefficient (Wildman–Crippen LogP) is 7.98. The highest BCUT2D eigenvalue weighted by molar-refractivity contribution is 9.10. The summed E-state index contributed by atoms with van der Waals surface area (Å²) >= 11 is 7.44. The van der Waals surface area contributed by atoms with Gasteiger partial charge in [-0.25, -0.2) is 0 Å². The van der Waals surface area contributed by atoms with Gasteiger partial charge in [0.1, 0.15) is 0 Å². The van der Waals surface area contributed by atoms with Crippen LogP contribution in [-0.4, -0.2) is 12.2 Å². The Labute approximate surface area is 180 Å². The summed E-state index contributed by atoms with van der Waals surface area (Å²) in [5.74, 6) is 1.37. The Kier molecular flexibility index (Phi) is 6.73. The molecule has 0 heterocycles. The molecule has 0 amide bonds. The summed E-state index contributed by atoms with van der Waals surface area (Å²) in [5, 5.41) is 0. The maximum atomic E-state index is 6.54. The molecule has 2 saturated carbocycles. The molecule has 3 heteroatoms. The minimum absolute atomic E-state index is 0.466. The first-order valence-corrected chi connectivity index (χ1v) is 11.9. The van der Waals surface area contributed by atoms with Crippen LogP contribution in [0.1, 0.15) is 74.3 Å². The number of rotatable bonds is 4. The molecule has 0 atom stereocenters. The van der Waals surface area contributed by atoms with Crippen molar-refractivity contribution in [2.45, 2.75) is 75.4 Å². The molecule has 4 rings (SSSR count). The second kappa shape index (κ2) is 9.24. The first-order chi connectivity index (χ1) is 13.2. The zero-order valence-electron chi connectivity index (χ0n) is 15.7. The van der Waals surface area contributed by atoms with Crippen LogP contribution in [0.15, 0.2) is 57.5 Å². The van der Waals surface area contributed by atoms with E-state index in [9.17, 15) is 0 Å². The molecule has 2 fully saturated rings. The molecule has 144 valence electrons. The maximum absolute atomic E-state index is 6.54. The topological polar surface area (TPSA) is 9.23 Å². The van der Waals surface area contributed by atoms with Gasteiger partial charge in [0.25, 0.3) is 0 Å². The van der Waals surface area contributed by atoms with Crippen molar-refractivity contribution in [3.05, 3.63) is 68.6 Å². The Morgan fingerprint density at radius 1 is 0.556 bits per heavy atom. The molecule has 27 heavy (non-hydrogen) atoms. The lowest BCUT2D eigenvalue weighted by molar-refractivity contribution is -0.0493. The van der Waals surface area contributed by atoms with Crippen LogP contribution in [-0.2, 0) is 4.74 Å². The third kappa shape index (κ3) is 4.86. The molecule has 0 N–H and O–H groups in total. The normalized spacial score (nSPS) is 28.8. The second-order valence-corrected chi connectivity index (χ2v) is 9.84. The van der Waals surface area contributed by atoms with Crippen LogP contribution in [0.2, 0.25) is 0 Å². The molecule has 2 aliphatic carbocycles. The Bertz CT molecular complexity index is 680. The fourth-order valence-corrected chi connectivity index (χ4v) is 6.12. The smallest absolute Gasteiger partial charge is 0.0579 e. The van der Waals surface area contributed by atoms with E-state index in [2.05, 4.69) is 80.4 Å². The lowest BCUT2D eigenvalue weighted by Gasteiger charge is -2.35. The molecule has 2 aromatic carbocycles. The summed E-state index contributed by atoms with van der Waals surface area (Å²) in [5.41, 5.74) is 2.95. The third-order valence-corrected chi connectivity index (χ3v) is 7.87. The molecule has 0 unspecified atom stereocenters. The quantitative estimate of drug-likeness (QED) is 0.421. The Morgan fingerprint density at radius 3 is 1.30 bits per heavy atom. The number of benzene rings is 2. The molecular weight excluding hydrogens is 464 g/mol. The fourth-order valence-electron chi connectivity index (χ4n) is 4.90. The number of halogens is 2. The summed E-state index contributed by atoms with van der Waals surface area (Å²) in [4.78, 5) is 0. The van der Waals surface area contributed by atoms with Crippen molar-refractivity contribution < 1.29 is 4.74 Å². The van der Waals surface area contributed by atoms with E-state index >= 15 is 0 Å². The molecule has 0 saturated heterocycles. The van der Waals surface area contributed by atoms with Gasteiger partial charge in [-0.15, -0.1) is 0 Å². The van der Waals surface area contributed by atoms with E-state index in [-0.39, 0.29) is 0 Å². The largest absolute Gasteiger partial charge is 0.375 e. The Hall–Kier alpha value is -0.640. The molecule has 2 aliphatic rings. The lowest BCUT2D eigenvalue weighted by atomic mass is 9.81. The summed E-state index contributed by atoms with van der Waals surface area (Å²) < 4.78 is 9.07. The van der Waals surface area contributed by atoms with Gasteiger partial charge in [0.2, 0.25) is 0 Å². The minimum Gasteiger partial charge on any atom is -0.375 e. The minimum atomic E-state index is 0.466. The van der Waals surface area contributed by atoms with Crippen LogP contribution >= 0.6 is 31.9 Å². The van der Waals surface area contributed by atoms with Crippen molar-refractivity contribution in [1.29, 1.82) is 0 Å². The molecule has 0 bridgehead atoms. The van der Waals surface area contributed by atoms with Crippen molar-refractivity contribution in [3.8, 4) is 0 Å². The zero-order chi connectivity index (χ0) is 18.6. The van der Waals surface area contributed by atoms with E-state index < -0.39 is 0 Å². The summed E-state index contributed by atoms with van der Waals surface area (Å²) in [6, 6.07) is 17.4. The van der Waals surface area contributed by atoms with Gasteiger partial charge in [-0.1, -0.05) is 68.3 Å². The van der Waals surface area contributed by atoms with Crippen LogP contribution in [0, 0.1) is 0 Å². The standard InChI is InChI=1S/C24H28Br2O/c25-23-7-3-1-5-21(23)17-9-13-19(14-10-17)27-20-15-11-18(12-16-20)22-6-2-4-8-24(22)26/h1-8,17-20H,9-16H2. The fraction of sp³-hybridized carbons (Fsp3) is 0.500. The van der Waals surface area contributed by atoms with Crippen molar-refractivity contribution in [3.63, 3.8) is 0 Å². The van der Waals surface area contributed by atoms with E-state index in [1.807, 2.05) is 0 Å². The molecule has 1 nitrogen and oxygen atoms in total. The molecule has 2 aromatic rings. The first kappa shape index (κ1) is 19.7. The van der Waals surface area contributed by atoms with E-state index in [4.69, 9.17) is 4.74 Å². The highest BCUT2D eigenvalue weighted by Crippen LogP contribution is 2.40. The summed E-state index contributed by atoms with van der Waals surface area (Å²) in [6.07, 6.45) is 10.7. The molecular formula is C24H28Br2O. The summed E-state index contributed by atoms with van der Waals surface area (Å²) in [6.45, 7) is 0. The van der Waals surface area contributed by atoms with Gasteiger partial charge in [-0.3, -0.25) is 0 Å². The van der Waals surface area contributed by atoms with Crippen molar-refractivity contribution in [1.82, 2.24) is 0 Å². The van der Waals surface area contributed by atoms with E-state index in [0.717, 1.165) is 0 Å². The van der Waals surface area contributed by atoms with Gasteiger partial charge in [-0.05, 0) is 86.5 Å². The monoisotopic (exact) mass is 490 g/mol. The van der Waals surface area contributed by atoms with Crippen LogP contribution in [0.25, 0.3) is 0 Å². The van der Waals surface area contributed by atoms with Crippen molar-refractivity contribution in [2.24, 2.45) is 0 Å². The van der Waals surface area contributed by atoms with Crippen LogP contribution in [0.5, 0.6) is 0 Å². The van der Waals surface area contributed by atoms with Gasteiger partial charge in [0.15, 0.2) is 0 Å². The van der Waals surface area contributed by atoms with Gasteiger partial charge in [0.05, 0.1) is 12.2 Å². The van der Waals surface area contributed by atoms with Crippen molar-refractivity contribution >= 4 is 31.9 Å². The van der Waals surface area contributed by atoms with Crippen LogP contribution < -0.4 is 0 Å². The lowest BCUT2D eigenvalue weighted by Crippen LogP contribution is -2.29. The third-order valence-electron chi connectivity index (χ3n) is 6.42. The Morgan fingerprint density at radius 2 is 0.926 bits per heavy atom. The maximum Gasteiger partial charge on any atom is 0.0579 e. The van der Waals surface area contributed by atoms with Gasteiger partial charge >= 0.3 is 0 Å². The number of ether oxygens (including phenoxy) is 1. The molecule has 0 radical (unpaired) electrons. The summed E-state index contributed by atoms with van der Waals surface area (Å²) in [7, 11) is 0. The highest BCUT2D eigenvalue weighted by Gasteiger charge is 2.29. The SMILES string of the molecule is Brc1ccccc1C1CCC(OC2CCC(c3ccccc3Br)CC2)CC1. The zero-order valence-corrected chi connectivity index (χ0v) is 18.9. The highest BCUT2D eigenvalue weighted by atomic mass is 79.9.